The van der Waals surface area contributed by atoms with Gasteiger partial charge in [0.1, 0.15) is 0 Å². The van der Waals surface area contributed by atoms with Crippen molar-refractivity contribution in [2.24, 2.45) is 0 Å². The van der Waals surface area contributed by atoms with Gasteiger partial charge in [-0.05, 0) is 25.0 Å². The van der Waals surface area contributed by atoms with Crippen molar-refractivity contribution in [2.45, 2.75) is 25.0 Å². The van der Waals surface area contributed by atoms with Crippen molar-refractivity contribution in [2.75, 3.05) is 17.8 Å². The largest absolute Gasteiger partial charge is 0.481 e. The van der Waals surface area contributed by atoms with E-state index in [-0.39, 0.29) is 5.75 Å². The Bertz CT molecular complexity index is 682. The third-order valence-electron chi connectivity index (χ3n) is 3.07. The summed E-state index contributed by atoms with van der Waals surface area (Å²) in [6.07, 6.45) is 2.47. The fourth-order valence-corrected chi connectivity index (χ4v) is 3.50. The molecule has 0 aliphatic carbocycles. The highest BCUT2D eigenvalue weighted by atomic mass is 32.2. The maximum Gasteiger partial charge on any atom is 0.313 e. The summed E-state index contributed by atoms with van der Waals surface area (Å²) in [5, 5.41) is 9.56. The number of rotatable bonds is 7. The fraction of sp³-hybridized carbons (Fsp3) is 0.429. The van der Waals surface area contributed by atoms with E-state index in [1.807, 2.05) is 29.7 Å². The van der Waals surface area contributed by atoms with E-state index in [0.717, 1.165) is 23.0 Å². The van der Waals surface area contributed by atoms with Crippen LogP contribution in [0.2, 0.25) is 0 Å². The van der Waals surface area contributed by atoms with Crippen LogP contribution in [-0.4, -0.2) is 42.6 Å². The lowest BCUT2D eigenvalue weighted by Gasteiger charge is -2.09. The molecule has 5 nitrogen and oxygen atoms in total. The molecule has 0 spiro atoms. The van der Waals surface area contributed by atoms with Gasteiger partial charge < -0.3 is 9.67 Å². The molecule has 1 unspecified atom stereocenters. The second-order valence-electron chi connectivity index (χ2n) is 4.80. The Morgan fingerprint density at radius 2 is 2.24 bits per heavy atom. The minimum atomic E-state index is -0.856. The number of aromatic nitrogens is 2. The number of hydrogen-bond acceptors (Lipinski definition) is 4. The smallest absolute Gasteiger partial charge is 0.313 e. The predicted octanol–water partition coefficient (Wildman–Crippen LogP) is 2.29. The van der Waals surface area contributed by atoms with E-state index in [1.165, 1.54) is 11.8 Å². The molecule has 1 aromatic carbocycles. The standard InChI is InChI=1S/C14H18N2O3S2/c1-10-5-3-6-11-13(10)16(7-4-8-21(2)19)14(15-11)20-9-12(17)18/h3,5-6H,4,7-9H2,1-2H3,(H,17,18). The molecule has 0 bridgehead atoms. The number of aliphatic carboxylic acids is 1. The maximum atomic E-state index is 11.2. The van der Waals surface area contributed by atoms with Gasteiger partial charge in [0.25, 0.3) is 0 Å². The number of hydrogen-bond donors (Lipinski definition) is 1. The number of nitrogens with zero attached hydrogens (tertiary/aromatic N) is 2. The lowest BCUT2D eigenvalue weighted by atomic mass is 10.2. The third-order valence-corrected chi connectivity index (χ3v) is 4.90. The summed E-state index contributed by atoms with van der Waals surface area (Å²) < 4.78 is 13.3. The third kappa shape index (κ3) is 4.07. The molecule has 0 aliphatic rings. The van der Waals surface area contributed by atoms with Gasteiger partial charge in [-0.3, -0.25) is 9.00 Å². The summed E-state index contributed by atoms with van der Waals surface area (Å²) in [5.41, 5.74) is 3.02. The van der Waals surface area contributed by atoms with Crippen LogP contribution in [0.4, 0.5) is 0 Å². The minimum absolute atomic E-state index is 0.0118. The number of thioether (sulfide) groups is 1. The van der Waals surface area contributed by atoms with E-state index in [4.69, 9.17) is 5.11 Å². The van der Waals surface area contributed by atoms with Crippen LogP contribution in [0.3, 0.4) is 0 Å². The van der Waals surface area contributed by atoms with Gasteiger partial charge in [-0.2, -0.15) is 0 Å². The molecule has 0 saturated heterocycles. The number of para-hydroxylation sites is 1. The quantitative estimate of drug-likeness (QED) is 0.790. The molecule has 0 saturated carbocycles. The summed E-state index contributed by atoms with van der Waals surface area (Å²) in [7, 11) is -0.818. The van der Waals surface area contributed by atoms with Crippen molar-refractivity contribution in [1.29, 1.82) is 0 Å². The minimum Gasteiger partial charge on any atom is -0.481 e. The van der Waals surface area contributed by atoms with Crippen LogP contribution in [-0.2, 0) is 22.1 Å². The number of carbonyl (C=O) groups is 1. The molecule has 1 heterocycles. The van der Waals surface area contributed by atoms with Gasteiger partial charge in [-0.15, -0.1) is 0 Å². The zero-order valence-electron chi connectivity index (χ0n) is 12.0. The van der Waals surface area contributed by atoms with Crippen LogP contribution >= 0.6 is 11.8 Å². The monoisotopic (exact) mass is 326 g/mol. The van der Waals surface area contributed by atoms with Crippen LogP contribution in [0.1, 0.15) is 12.0 Å². The zero-order chi connectivity index (χ0) is 15.4. The number of imidazole rings is 1. The van der Waals surface area contributed by atoms with Crippen molar-refractivity contribution in [3.8, 4) is 0 Å². The highest BCUT2D eigenvalue weighted by Gasteiger charge is 2.14. The Kier molecular flexibility index (Phi) is 5.41. The van der Waals surface area contributed by atoms with Crippen LogP contribution in [0, 0.1) is 6.92 Å². The molecule has 7 heteroatoms. The molecule has 21 heavy (non-hydrogen) atoms. The molecule has 1 atom stereocenters. The van der Waals surface area contributed by atoms with Crippen molar-refractivity contribution in [3.05, 3.63) is 23.8 Å². The average Bonchev–Trinajstić information content (AvgIpc) is 2.75. The SMILES string of the molecule is Cc1cccc2nc(SCC(=O)O)n(CCCS(C)=O)c12. The second kappa shape index (κ2) is 7.09. The van der Waals surface area contributed by atoms with Gasteiger partial charge in [-0.25, -0.2) is 4.98 Å². The van der Waals surface area contributed by atoms with Gasteiger partial charge in [0, 0.05) is 29.4 Å². The lowest BCUT2D eigenvalue weighted by molar-refractivity contribution is -0.133. The first-order valence-corrected chi connectivity index (χ1v) is 9.31. The average molecular weight is 326 g/mol. The molecule has 0 radical (unpaired) electrons. The molecule has 0 amide bonds. The first-order chi connectivity index (χ1) is 9.99. The summed E-state index contributed by atoms with van der Waals surface area (Å²) >= 11 is 1.22. The molecule has 2 rings (SSSR count). The Balaban J connectivity index is 2.33. The predicted molar refractivity (Wildman–Crippen MR) is 86.4 cm³/mol. The molecule has 1 aromatic heterocycles. The van der Waals surface area contributed by atoms with Gasteiger partial charge in [0.2, 0.25) is 0 Å². The number of carboxylic acids is 1. The van der Waals surface area contributed by atoms with Crippen molar-refractivity contribution < 1.29 is 14.1 Å². The number of fused-ring (bicyclic) bond motifs is 1. The molecule has 0 fully saturated rings. The van der Waals surface area contributed by atoms with E-state index in [9.17, 15) is 9.00 Å². The summed E-state index contributed by atoms with van der Waals surface area (Å²) in [5.74, 6) is -0.235. The highest BCUT2D eigenvalue weighted by Crippen LogP contribution is 2.26. The Morgan fingerprint density at radius 1 is 1.48 bits per heavy atom. The molecule has 0 aliphatic heterocycles. The van der Waals surface area contributed by atoms with Crippen molar-refractivity contribution in [1.82, 2.24) is 9.55 Å². The molecular weight excluding hydrogens is 308 g/mol. The maximum absolute atomic E-state index is 11.2. The summed E-state index contributed by atoms with van der Waals surface area (Å²) in [4.78, 5) is 15.3. The normalized spacial score (nSPS) is 12.7. The summed E-state index contributed by atoms with van der Waals surface area (Å²) in [6.45, 7) is 2.72. The van der Waals surface area contributed by atoms with Crippen molar-refractivity contribution >= 4 is 39.6 Å². The van der Waals surface area contributed by atoms with E-state index < -0.39 is 16.8 Å². The van der Waals surface area contributed by atoms with Gasteiger partial charge in [0.05, 0.1) is 16.8 Å². The number of carboxylic acid groups (broad SMARTS) is 1. The molecular formula is C14H18N2O3S2. The number of aryl methyl sites for hydroxylation is 2. The molecule has 1 N–H and O–H groups in total. The van der Waals surface area contributed by atoms with Gasteiger partial charge in [0.15, 0.2) is 5.16 Å². The van der Waals surface area contributed by atoms with Crippen LogP contribution in [0.15, 0.2) is 23.4 Å². The van der Waals surface area contributed by atoms with Gasteiger partial charge >= 0.3 is 5.97 Å². The summed E-state index contributed by atoms with van der Waals surface area (Å²) in [6, 6.07) is 5.90. The highest BCUT2D eigenvalue weighted by molar-refractivity contribution is 7.99. The van der Waals surface area contributed by atoms with Crippen LogP contribution < -0.4 is 0 Å². The Morgan fingerprint density at radius 3 is 2.90 bits per heavy atom. The van der Waals surface area contributed by atoms with Gasteiger partial charge in [-0.1, -0.05) is 23.9 Å². The molecule has 2 aromatic rings. The Hall–Kier alpha value is -1.34. The zero-order valence-corrected chi connectivity index (χ0v) is 13.7. The number of benzene rings is 1. The lowest BCUT2D eigenvalue weighted by Crippen LogP contribution is -2.06. The first kappa shape index (κ1) is 16.0. The van der Waals surface area contributed by atoms with Crippen LogP contribution in [0.5, 0.6) is 0 Å². The topological polar surface area (TPSA) is 72.2 Å². The van der Waals surface area contributed by atoms with Crippen LogP contribution in [0.25, 0.3) is 11.0 Å². The van der Waals surface area contributed by atoms with E-state index in [1.54, 1.807) is 6.26 Å². The van der Waals surface area contributed by atoms with Crippen molar-refractivity contribution in [3.63, 3.8) is 0 Å². The first-order valence-electron chi connectivity index (χ1n) is 6.59. The fourth-order valence-electron chi connectivity index (χ4n) is 2.21. The van der Waals surface area contributed by atoms with E-state index in [2.05, 4.69) is 4.98 Å². The molecule has 114 valence electrons. The van der Waals surface area contributed by atoms with E-state index in [0.29, 0.717) is 17.5 Å². The van der Waals surface area contributed by atoms with E-state index >= 15 is 0 Å². The Labute approximate surface area is 130 Å². The second-order valence-corrected chi connectivity index (χ2v) is 7.30.